The highest BCUT2D eigenvalue weighted by atomic mass is 16.5. The van der Waals surface area contributed by atoms with Crippen molar-refractivity contribution in [1.82, 2.24) is 15.2 Å². The molecule has 3 unspecified atom stereocenters. The van der Waals surface area contributed by atoms with Crippen molar-refractivity contribution < 1.29 is 24.5 Å². The number of amides is 1. The molecule has 1 aromatic carbocycles. The smallest absolute Gasteiger partial charge is 0.253 e. The topological polar surface area (TPSA) is 130 Å². The Labute approximate surface area is 211 Å². The number of hydrogen-bond acceptors (Lipinski definition) is 8. The third-order valence-electron chi connectivity index (χ3n) is 9.60. The zero-order valence-corrected chi connectivity index (χ0v) is 21.1. The first-order valence-corrected chi connectivity index (χ1v) is 13.0. The monoisotopic (exact) mass is 496 g/mol. The SMILES string of the molecule is CC[C@@H](N)[C@H](O)[C@H](O)C(COC)C1CCC23C[C@@]24c2nc5ccc(OC)cc5cc2C(=O)N[C@H]4CN13. The molecule has 2 saturated heterocycles. The Hall–Kier alpha value is -2.30. The zero-order valence-electron chi connectivity index (χ0n) is 21.1. The van der Waals surface area contributed by atoms with Crippen molar-refractivity contribution in [2.24, 2.45) is 11.7 Å². The summed E-state index contributed by atoms with van der Waals surface area (Å²) in [4.78, 5) is 20.8. The highest BCUT2D eigenvalue weighted by Gasteiger charge is 2.83. The average Bonchev–Trinajstić information content (AvgIpc) is 3.30. The van der Waals surface area contributed by atoms with Crippen molar-refractivity contribution >= 4 is 16.8 Å². The molecule has 6 rings (SSSR count). The summed E-state index contributed by atoms with van der Waals surface area (Å²) in [5, 5.41) is 26.1. The summed E-state index contributed by atoms with van der Waals surface area (Å²) in [7, 11) is 3.25. The number of nitrogens with one attached hydrogen (secondary N) is 1. The fourth-order valence-corrected chi connectivity index (χ4v) is 7.69. The molecule has 0 bridgehead atoms. The van der Waals surface area contributed by atoms with Crippen LogP contribution in [0.5, 0.6) is 5.75 Å². The summed E-state index contributed by atoms with van der Waals surface area (Å²) in [6, 6.07) is 7.21. The van der Waals surface area contributed by atoms with Gasteiger partial charge in [0, 0.05) is 42.6 Å². The molecule has 5 N–H and O–H groups in total. The molecule has 1 aliphatic carbocycles. The Morgan fingerprint density at radius 2 is 2.08 bits per heavy atom. The first-order chi connectivity index (χ1) is 17.3. The van der Waals surface area contributed by atoms with E-state index in [1.165, 1.54) is 0 Å². The Morgan fingerprint density at radius 1 is 1.28 bits per heavy atom. The number of hydrogen-bond donors (Lipinski definition) is 4. The maximum Gasteiger partial charge on any atom is 0.253 e. The van der Waals surface area contributed by atoms with Crippen LogP contribution in [0.3, 0.4) is 0 Å². The number of carbonyl (C=O) groups excluding carboxylic acids is 1. The molecule has 9 heteroatoms. The molecule has 1 saturated carbocycles. The van der Waals surface area contributed by atoms with Gasteiger partial charge < -0.3 is 30.7 Å². The van der Waals surface area contributed by atoms with Crippen molar-refractivity contribution in [1.29, 1.82) is 0 Å². The fraction of sp³-hybridized carbons (Fsp3) is 0.630. The van der Waals surface area contributed by atoms with E-state index in [0.29, 0.717) is 25.1 Å². The van der Waals surface area contributed by atoms with Crippen molar-refractivity contribution in [3.8, 4) is 5.75 Å². The molecular weight excluding hydrogens is 460 g/mol. The molecule has 0 radical (unpaired) electrons. The van der Waals surface area contributed by atoms with E-state index < -0.39 is 18.2 Å². The van der Waals surface area contributed by atoms with Crippen LogP contribution < -0.4 is 15.8 Å². The van der Waals surface area contributed by atoms with Crippen LogP contribution in [0.25, 0.3) is 10.9 Å². The van der Waals surface area contributed by atoms with Crippen molar-refractivity contribution in [3.63, 3.8) is 0 Å². The van der Waals surface area contributed by atoms with E-state index in [1.54, 1.807) is 14.2 Å². The average molecular weight is 497 g/mol. The number of benzene rings is 1. The normalized spacial score (nSPS) is 33.7. The minimum absolute atomic E-state index is 0.0219. The Kier molecular flexibility index (Phi) is 5.59. The van der Waals surface area contributed by atoms with Gasteiger partial charge >= 0.3 is 0 Å². The molecule has 3 aliphatic heterocycles. The number of piperidine rings is 1. The van der Waals surface area contributed by atoms with Gasteiger partial charge in [-0.25, -0.2) is 0 Å². The number of pyridine rings is 1. The van der Waals surface area contributed by atoms with Crippen molar-refractivity contribution in [3.05, 3.63) is 35.5 Å². The summed E-state index contributed by atoms with van der Waals surface area (Å²) in [5.74, 6) is 0.361. The summed E-state index contributed by atoms with van der Waals surface area (Å²) >= 11 is 0. The second kappa shape index (κ2) is 8.36. The molecule has 194 valence electrons. The Balaban J connectivity index is 1.37. The van der Waals surface area contributed by atoms with Crippen LogP contribution in [0.2, 0.25) is 0 Å². The van der Waals surface area contributed by atoms with Gasteiger partial charge in [0.25, 0.3) is 5.91 Å². The lowest BCUT2D eigenvalue weighted by molar-refractivity contribution is -0.0720. The number of methoxy groups -OCH3 is 2. The summed E-state index contributed by atoms with van der Waals surface area (Å²) in [6.07, 6.45) is 1.34. The van der Waals surface area contributed by atoms with Gasteiger partial charge in [-0.05, 0) is 49.9 Å². The third-order valence-corrected chi connectivity index (χ3v) is 9.60. The fourth-order valence-electron chi connectivity index (χ4n) is 7.69. The second-order valence-corrected chi connectivity index (χ2v) is 11.1. The van der Waals surface area contributed by atoms with Crippen LogP contribution in [0.4, 0.5) is 0 Å². The van der Waals surface area contributed by atoms with Crippen molar-refractivity contribution in [2.75, 3.05) is 27.4 Å². The summed E-state index contributed by atoms with van der Waals surface area (Å²) in [5.41, 5.74) is 8.14. The minimum atomic E-state index is -1.02. The molecular formula is C27H36N4O5. The highest BCUT2D eigenvalue weighted by Crippen LogP contribution is 2.73. The molecule has 1 amide bonds. The van der Waals surface area contributed by atoms with Crippen LogP contribution in [-0.2, 0) is 10.2 Å². The number of aromatic nitrogens is 1. The molecule has 4 aliphatic rings. The van der Waals surface area contributed by atoms with E-state index in [0.717, 1.165) is 41.6 Å². The van der Waals surface area contributed by atoms with E-state index in [-0.39, 0.29) is 34.9 Å². The van der Waals surface area contributed by atoms with Crippen LogP contribution >= 0.6 is 0 Å². The van der Waals surface area contributed by atoms with E-state index in [4.69, 9.17) is 20.2 Å². The Bertz CT molecular complexity index is 1210. The molecule has 9 nitrogen and oxygen atoms in total. The number of ether oxygens (including phenoxy) is 2. The Morgan fingerprint density at radius 3 is 2.81 bits per heavy atom. The van der Waals surface area contributed by atoms with Gasteiger partial charge in [0.2, 0.25) is 0 Å². The van der Waals surface area contributed by atoms with Crippen molar-refractivity contribution in [2.45, 2.75) is 73.9 Å². The van der Waals surface area contributed by atoms with Gasteiger partial charge in [-0.3, -0.25) is 14.7 Å². The van der Waals surface area contributed by atoms with Crippen LogP contribution in [0.1, 0.15) is 48.7 Å². The maximum absolute atomic E-state index is 13.2. The van der Waals surface area contributed by atoms with E-state index in [9.17, 15) is 15.0 Å². The summed E-state index contributed by atoms with van der Waals surface area (Å²) < 4.78 is 10.9. The first kappa shape index (κ1) is 24.1. The molecule has 8 atom stereocenters. The number of aliphatic hydroxyl groups excluding tert-OH is 2. The van der Waals surface area contributed by atoms with Gasteiger partial charge in [-0.15, -0.1) is 0 Å². The lowest BCUT2D eigenvalue weighted by atomic mass is 9.82. The number of fused-ring (bicyclic) bond motifs is 2. The van der Waals surface area contributed by atoms with Gasteiger partial charge in [0.15, 0.2) is 0 Å². The highest BCUT2D eigenvalue weighted by molar-refractivity contribution is 6.01. The van der Waals surface area contributed by atoms with Crippen LogP contribution in [0, 0.1) is 5.92 Å². The van der Waals surface area contributed by atoms with Gasteiger partial charge in [-0.1, -0.05) is 6.92 Å². The lowest BCUT2D eigenvalue weighted by Crippen LogP contribution is -2.54. The number of nitrogens with zero attached hydrogens (tertiary/aromatic N) is 2. The largest absolute Gasteiger partial charge is 0.497 e. The molecule has 2 spiro atoms. The standard InChI is InChI=1S/C27H36N4O5/c1-4-18(28)23(33)22(32)17(12-35-2)20-7-8-26-13-27(26)21(11-31(20)26)30-25(34)16-10-14-9-15(36-3)5-6-19(14)29-24(16)27/h5-6,9-10,17-18,20-23,32-33H,4,7-8,11-13,28H2,1-3H3,(H,30,34)/t17?,18-,20?,21+,22-,23+,26?,27-/m1/s1. The third kappa shape index (κ3) is 3.07. The van der Waals surface area contributed by atoms with E-state index in [1.807, 2.05) is 31.2 Å². The summed E-state index contributed by atoms with van der Waals surface area (Å²) in [6.45, 7) is 2.93. The number of nitrogens with two attached hydrogens (primary N) is 1. The van der Waals surface area contributed by atoms with Gasteiger partial charge in [0.05, 0.1) is 54.2 Å². The maximum atomic E-state index is 13.2. The van der Waals surface area contributed by atoms with E-state index in [2.05, 4.69) is 10.2 Å². The molecule has 2 aromatic rings. The number of aliphatic hydroxyl groups is 2. The molecule has 3 fully saturated rings. The van der Waals surface area contributed by atoms with Crippen LogP contribution in [0.15, 0.2) is 24.3 Å². The predicted octanol–water partition coefficient (Wildman–Crippen LogP) is 0.935. The lowest BCUT2D eigenvalue weighted by Gasteiger charge is -2.38. The molecule has 4 heterocycles. The van der Waals surface area contributed by atoms with Gasteiger partial charge in [-0.2, -0.15) is 0 Å². The van der Waals surface area contributed by atoms with Crippen LogP contribution in [-0.4, -0.2) is 89.2 Å². The quantitative estimate of drug-likeness (QED) is 0.425. The number of carbonyl (C=O) groups is 1. The number of rotatable bonds is 8. The van der Waals surface area contributed by atoms with Gasteiger partial charge in [0.1, 0.15) is 5.75 Å². The minimum Gasteiger partial charge on any atom is -0.497 e. The molecule has 1 aromatic heterocycles. The van der Waals surface area contributed by atoms with E-state index >= 15 is 0 Å². The first-order valence-electron chi connectivity index (χ1n) is 13.0. The second-order valence-electron chi connectivity index (χ2n) is 11.1. The predicted molar refractivity (Wildman–Crippen MR) is 134 cm³/mol. The molecule has 36 heavy (non-hydrogen) atoms. The zero-order chi connectivity index (χ0) is 25.4.